The third-order valence-electron chi connectivity index (χ3n) is 2.95. The molecule has 1 saturated heterocycles. The van der Waals surface area contributed by atoms with Gasteiger partial charge in [0.2, 0.25) is 0 Å². The lowest BCUT2D eigenvalue weighted by molar-refractivity contribution is 0.258. The Morgan fingerprint density at radius 1 is 1.60 bits per heavy atom. The minimum atomic E-state index is 0.641. The Bertz CT molecular complexity index is 323. The minimum absolute atomic E-state index is 0.641. The summed E-state index contributed by atoms with van der Waals surface area (Å²) in [6.07, 6.45) is 2.54. The molecule has 2 rings (SSSR count). The molecule has 1 fully saturated rings. The van der Waals surface area contributed by atoms with Crippen LogP contribution in [-0.4, -0.2) is 42.5 Å². The third-order valence-corrected chi connectivity index (χ3v) is 3.82. The Balaban J connectivity index is 2.04. The first-order chi connectivity index (χ1) is 7.16. The van der Waals surface area contributed by atoms with Gasteiger partial charge in [-0.05, 0) is 38.5 Å². The molecule has 1 aromatic heterocycles. The van der Waals surface area contributed by atoms with Gasteiger partial charge in [-0.15, -0.1) is 0 Å². The van der Waals surface area contributed by atoms with Crippen LogP contribution in [0.15, 0.2) is 6.07 Å². The molecule has 15 heavy (non-hydrogen) atoms. The predicted molar refractivity (Wildman–Crippen MR) is 65.4 cm³/mol. The van der Waals surface area contributed by atoms with Gasteiger partial charge in [0.25, 0.3) is 0 Å². The molecular weight excluding hydrogens is 208 g/mol. The number of piperidine rings is 1. The normalized spacial score (nSPS) is 22.3. The molecule has 1 aromatic rings. The van der Waals surface area contributed by atoms with Crippen LogP contribution in [0, 0.1) is 0 Å². The van der Waals surface area contributed by atoms with E-state index in [4.69, 9.17) is 5.73 Å². The summed E-state index contributed by atoms with van der Waals surface area (Å²) in [5.74, 6) is 0.641. The van der Waals surface area contributed by atoms with E-state index in [-0.39, 0.29) is 0 Å². The number of likely N-dealkylation sites (N-methyl/N-ethyl adjacent to an activating group) is 1. The van der Waals surface area contributed by atoms with E-state index in [9.17, 15) is 0 Å². The maximum absolute atomic E-state index is 5.64. The van der Waals surface area contributed by atoms with E-state index in [1.54, 1.807) is 0 Å². The van der Waals surface area contributed by atoms with E-state index < -0.39 is 0 Å². The average molecular weight is 226 g/mol. The second-order valence-corrected chi connectivity index (χ2v) is 5.08. The summed E-state index contributed by atoms with van der Waals surface area (Å²) in [6.45, 7) is 2.22. The zero-order valence-electron chi connectivity index (χ0n) is 9.31. The lowest BCUT2D eigenvalue weighted by atomic mass is 10.1. The third kappa shape index (κ3) is 2.41. The molecule has 1 unspecified atom stereocenters. The SMILES string of the molecule is CN(C)C1CCCN(c2cc(N)ns2)C1. The first kappa shape index (κ1) is 10.7. The molecule has 0 bridgehead atoms. The van der Waals surface area contributed by atoms with Crippen molar-refractivity contribution in [2.45, 2.75) is 18.9 Å². The molecule has 0 aliphatic carbocycles. The summed E-state index contributed by atoms with van der Waals surface area (Å²) < 4.78 is 4.13. The summed E-state index contributed by atoms with van der Waals surface area (Å²) in [7, 11) is 4.30. The van der Waals surface area contributed by atoms with Gasteiger partial charge >= 0.3 is 0 Å². The highest BCUT2D eigenvalue weighted by Crippen LogP contribution is 2.26. The summed E-state index contributed by atoms with van der Waals surface area (Å²) >= 11 is 1.50. The molecule has 2 N–H and O–H groups in total. The van der Waals surface area contributed by atoms with Gasteiger partial charge in [0, 0.05) is 25.2 Å². The molecule has 0 radical (unpaired) electrons. The number of hydrogen-bond donors (Lipinski definition) is 1. The zero-order chi connectivity index (χ0) is 10.8. The number of aromatic nitrogens is 1. The van der Waals surface area contributed by atoms with Crippen molar-refractivity contribution in [3.8, 4) is 0 Å². The van der Waals surface area contributed by atoms with Crippen LogP contribution >= 0.6 is 11.5 Å². The van der Waals surface area contributed by atoms with E-state index in [0.29, 0.717) is 11.9 Å². The second-order valence-electron chi connectivity index (χ2n) is 4.30. The molecule has 0 saturated carbocycles. The smallest absolute Gasteiger partial charge is 0.139 e. The van der Waals surface area contributed by atoms with Crippen molar-refractivity contribution in [2.75, 3.05) is 37.8 Å². The fourth-order valence-electron chi connectivity index (χ4n) is 2.00. The maximum atomic E-state index is 5.64. The van der Waals surface area contributed by atoms with Crippen molar-refractivity contribution in [2.24, 2.45) is 0 Å². The van der Waals surface area contributed by atoms with Gasteiger partial charge in [0.15, 0.2) is 0 Å². The van der Waals surface area contributed by atoms with Crippen LogP contribution in [0.25, 0.3) is 0 Å². The summed E-state index contributed by atoms with van der Waals surface area (Å²) in [6, 6.07) is 2.63. The van der Waals surface area contributed by atoms with E-state index >= 15 is 0 Å². The number of anilines is 2. The summed E-state index contributed by atoms with van der Waals surface area (Å²) in [5.41, 5.74) is 5.64. The molecule has 4 nitrogen and oxygen atoms in total. The van der Waals surface area contributed by atoms with Crippen molar-refractivity contribution < 1.29 is 0 Å². The van der Waals surface area contributed by atoms with Gasteiger partial charge in [0.1, 0.15) is 10.8 Å². The quantitative estimate of drug-likeness (QED) is 0.824. The molecular formula is C10H18N4S. The van der Waals surface area contributed by atoms with Crippen molar-refractivity contribution in [3.63, 3.8) is 0 Å². The zero-order valence-corrected chi connectivity index (χ0v) is 10.1. The molecule has 0 aromatic carbocycles. The standard InChI is InChI=1S/C10H18N4S/c1-13(2)8-4-3-5-14(7-8)10-6-9(11)12-15-10/h6,8H,3-5,7H2,1-2H3,(H2,11,12). The summed E-state index contributed by atoms with van der Waals surface area (Å²) in [4.78, 5) is 4.69. The number of nitrogen functional groups attached to an aromatic ring is 1. The van der Waals surface area contributed by atoms with Crippen molar-refractivity contribution in [1.29, 1.82) is 0 Å². The second kappa shape index (κ2) is 4.37. The monoisotopic (exact) mass is 226 g/mol. The Labute approximate surface area is 94.8 Å². The van der Waals surface area contributed by atoms with Gasteiger partial charge in [-0.1, -0.05) is 0 Å². The highest BCUT2D eigenvalue weighted by Gasteiger charge is 2.22. The fraction of sp³-hybridized carbons (Fsp3) is 0.700. The average Bonchev–Trinajstić information content (AvgIpc) is 2.65. The Hall–Kier alpha value is -0.810. The molecule has 0 spiro atoms. The minimum Gasteiger partial charge on any atom is -0.383 e. The van der Waals surface area contributed by atoms with Gasteiger partial charge < -0.3 is 15.5 Å². The number of hydrogen-bond acceptors (Lipinski definition) is 5. The van der Waals surface area contributed by atoms with Crippen LogP contribution in [0.3, 0.4) is 0 Å². The number of nitrogens with two attached hydrogens (primary N) is 1. The van der Waals surface area contributed by atoms with E-state index in [0.717, 1.165) is 13.1 Å². The first-order valence-electron chi connectivity index (χ1n) is 5.30. The predicted octanol–water partition coefficient (Wildman–Crippen LogP) is 1.26. The van der Waals surface area contributed by atoms with Crippen LogP contribution in [0.1, 0.15) is 12.8 Å². The Kier molecular flexibility index (Phi) is 3.11. The first-order valence-corrected chi connectivity index (χ1v) is 6.07. The van der Waals surface area contributed by atoms with E-state index in [1.807, 2.05) is 6.07 Å². The van der Waals surface area contributed by atoms with Crippen molar-refractivity contribution in [1.82, 2.24) is 9.27 Å². The van der Waals surface area contributed by atoms with Crippen LogP contribution in [-0.2, 0) is 0 Å². The van der Waals surface area contributed by atoms with Gasteiger partial charge in [-0.25, -0.2) is 0 Å². The van der Waals surface area contributed by atoms with Gasteiger partial charge in [-0.3, -0.25) is 0 Å². The highest BCUT2D eigenvalue weighted by molar-refractivity contribution is 7.10. The van der Waals surface area contributed by atoms with E-state index in [1.165, 1.54) is 29.4 Å². The van der Waals surface area contributed by atoms with Gasteiger partial charge in [-0.2, -0.15) is 4.37 Å². The number of nitrogens with zero attached hydrogens (tertiary/aromatic N) is 3. The molecule has 5 heteroatoms. The van der Waals surface area contributed by atoms with Crippen molar-refractivity contribution >= 4 is 22.4 Å². The lowest BCUT2D eigenvalue weighted by Crippen LogP contribution is -2.44. The molecule has 1 atom stereocenters. The molecule has 0 amide bonds. The molecule has 1 aliphatic rings. The highest BCUT2D eigenvalue weighted by atomic mass is 32.1. The van der Waals surface area contributed by atoms with Crippen LogP contribution in [0.4, 0.5) is 10.8 Å². The van der Waals surface area contributed by atoms with Crippen LogP contribution < -0.4 is 10.6 Å². The number of rotatable bonds is 2. The topological polar surface area (TPSA) is 45.4 Å². The molecule has 1 aliphatic heterocycles. The molecule has 2 heterocycles. The Morgan fingerprint density at radius 2 is 2.40 bits per heavy atom. The van der Waals surface area contributed by atoms with Crippen LogP contribution in [0.2, 0.25) is 0 Å². The van der Waals surface area contributed by atoms with E-state index in [2.05, 4.69) is 28.3 Å². The Morgan fingerprint density at radius 3 is 3.00 bits per heavy atom. The van der Waals surface area contributed by atoms with Crippen LogP contribution in [0.5, 0.6) is 0 Å². The maximum Gasteiger partial charge on any atom is 0.139 e. The fourth-order valence-corrected chi connectivity index (χ4v) is 2.71. The summed E-state index contributed by atoms with van der Waals surface area (Å²) in [5, 5.41) is 1.21. The molecule has 84 valence electrons. The van der Waals surface area contributed by atoms with Gasteiger partial charge in [0.05, 0.1) is 0 Å². The lowest BCUT2D eigenvalue weighted by Gasteiger charge is -2.36. The largest absolute Gasteiger partial charge is 0.383 e. The van der Waals surface area contributed by atoms with Crippen molar-refractivity contribution in [3.05, 3.63) is 6.07 Å².